The molecule has 0 amide bonds. The first-order valence-corrected chi connectivity index (χ1v) is 9.88. The molecule has 1 aliphatic rings. The molecule has 0 spiro atoms. The van der Waals surface area contributed by atoms with Gasteiger partial charge in [0, 0.05) is 12.8 Å². The van der Waals surface area contributed by atoms with E-state index in [1.54, 1.807) is 0 Å². The van der Waals surface area contributed by atoms with Crippen LogP contribution in [0, 0.1) is 0 Å². The predicted octanol–water partition coefficient (Wildman–Crippen LogP) is 5.46. The quantitative estimate of drug-likeness (QED) is 0.671. The molecule has 0 unspecified atom stereocenters. The highest BCUT2D eigenvalue weighted by Gasteiger charge is 2.58. The summed E-state index contributed by atoms with van der Waals surface area (Å²) in [7, 11) is 2.07. The lowest BCUT2D eigenvalue weighted by Gasteiger charge is -2.55. The van der Waals surface area contributed by atoms with Crippen molar-refractivity contribution in [3.05, 3.63) is 71.8 Å². The van der Waals surface area contributed by atoms with Crippen LogP contribution in [0.25, 0.3) is 0 Å². The number of hydrogen-bond donors (Lipinski definition) is 0. The van der Waals surface area contributed by atoms with Crippen molar-refractivity contribution in [2.24, 2.45) is 0 Å². The van der Waals surface area contributed by atoms with E-state index in [9.17, 15) is 4.79 Å². The van der Waals surface area contributed by atoms with Crippen LogP contribution in [0.5, 0.6) is 0 Å². The third-order valence-corrected chi connectivity index (χ3v) is 6.66. The molecule has 0 bridgehead atoms. The third kappa shape index (κ3) is 3.53. The molecular weight excluding hydrogens is 334 g/mol. The molecule has 2 aromatic rings. The fourth-order valence-electron chi connectivity index (χ4n) is 4.44. The average molecular weight is 367 g/mol. The van der Waals surface area contributed by atoms with Crippen molar-refractivity contribution in [2.45, 2.75) is 64.0 Å². The summed E-state index contributed by atoms with van der Waals surface area (Å²) in [6, 6.07) is 19.9. The molecule has 1 saturated heterocycles. The second kappa shape index (κ2) is 7.12. The van der Waals surface area contributed by atoms with Gasteiger partial charge in [-0.2, -0.15) is 0 Å². The minimum absolute atomic E-state index is 0.130. The van der Waals surface area contributed by atoms with E-state index in [1.807, 2.05) is 60.7 Å². The van der Waals surface area contributed by atoms with Crippen LogP contribution < -0.4 is 0 Å². The molecule has 3 nitrogen and oxygen atoms in total. The van der Waals surface area contributed by atoms with Gasteiger partial charge in [0.25, 0.3) is 0 Å². The topological polar surface area (TPSA) is 26.3 Å². The molecule has 0 atom stereocenters. The van der Waals surface area contributed by atoms with Gasteiger partial charge >= 0.3 is 5.97 Å². The molecule has 144 valence electrons. The maximum atomic E-state index is 13.6. The van der Waals surface area contributed by atoms with Crippen molar-refractivity contribution in [1.29, 1.82) is 0 Å². The Morgan fingerprint density at radius 2 is 1.26 bits per heavy atom. The fourth-order valence-corrected chi connectivity index (χ4v) is 4.44. The third-order valence-electron chi connectivity index (χ3n) is 6.66. The van der Waals surface area contributed by atoms with Gasteiger partial charge in [-0.1, -0.05) is 60.7 Å². The molecule has 0 N–H and O–H groups in total. The molecular formula is C24H32NO2+. The molecule has 0 aliphatic carbocycles. The van der Waals surface area contributed by atoms with Crippen molar-refractivity contribution in [2.75, 3.05) is 7.05 Å². The van der Waals surface area contributed by atoms with Gasteiger partial charge in [-0.25, -0.2) is 4.79 Å². The molecule has 3 heteroatoms. The first-order valence-electron chi connectivity index (χ1n) is 9.88. The van der Waals surface area contributed by atoms with E-state index in [4.69, 9.17) is 4.84 Å². The van der Waals surface area contributed by atoms with Crippen LogP contribution in [-0.4, -0.2) is 28.7 Å². The van der Waals surface area contributed by atoms with E-state index in [0.717, 1.165) is 30.4 Å². The van der Waals surface area contributed by atoms with Gasteiger partial charge < -0.3 is 0 Å². The Balaban J connectivity index is 2.00. The lowest BCUT2D eigenvalue weighted by molar-refractivity contribution is -1.15. The first-order chi connectivity index (χ1) is 12.7. The Kier molecular flexibility index (Phi) is 5.18. The highest BCUT2D eigenvalue weighted by atomic mass is 16.8. The molecule has 0 saturated carbocycles. The summed E-state index contributed by atoms with van der Waals surface area (Å²) in [6.45, 7) is 8.84. The highest BCUT2D eigenvalue weighted by molar-refractivity contribution is 5.81. The Labute approximate surface area is 163 Å². The number of rotatable bonds is 4. The minimum atomic E-state index is -0.420. The summed E-state index contributed by atoms with van der Waals surface area (Å²) >= 11 is 0. The van der Waals surface area contributed by atoms with Crippen molar-refractivity contribution >= 4 is 5.97 Å². The number of carbonyl (C=O) groups excluding carboxylic acids is 1. The SMILES string of the molecule is CC1(C)CCCC(C)(C)[N+]1(C)OC(=O)C(c1ccccc1)c1ccccc1. The van der Waals surface area contributed by atoms with E-state index >= 15 is 0 Å². The second-order valence-corrected chi connectivity index (χ2v) is 9.07. The van der Waals surface area contributed by atoms with Crippen LogP contribution in [0.3, 0.4) is 0 Å². The number of hydrogen-bond acceptors (Lipinski definition) is 2. The zero-order valence-corrected chi connectivity index (χ0v) is 17.2. The molecule has 1 aliphatic heterocycles. The molecule has 2 aromatic carbocycles. The number of quaternary nitrogens is 1. The van der Waals surface area contributed by atoms with E-state index in [0.29, 0.717) is 4.65 Å². The number of benzene rings is 2. The second-order valence-electron chi connectivity index (χ2n) is 9.07. The van der Waals surface area contributed by atoms with Gasteiger partial charge in [0.2, 0.25) is 0 Å². The van der Waals surface area contributed by atoms with Crippen molar-refractivity contribution in [1.82, 2.24) is 0 Å². The first kappa shape index (κ1) is 19.6. The fraction of sp³-hybridized carbons (Fsp3) is 0.458. The molecule has 27 heavy (non-hydrogen) atoms. The van der Waals surface area contributed by atoms with Gasteiger partial charge in [0.15, 0.2) is 0 Å². The van der Waals surface area contributed by atoms with Crippen LogP contribution in [0.1, 0.15) is 64.0 Å². The molecule has 1 heterocycles. The highest BCUT2D eigenvalue weighted by Crippen LogP contribution is 2.45. The van der Waals surface area contributed by atoms with Crippen molar-refractivity contribution in [3.63, 3.8) is 0 Å². The molecule has 3 rings (SSSR count). The summed E-state index contributed by atoms with van der Waals surface area (Å²) in [5.41, 5.74) is 1.67. The zero-order chi connectivity index (χ0) is 19.7. The maximum Gasteiger partial charge on any atom is 0.378 e. The molecule has 0 radical (unpaired) electrons. The van der Waals surface area contributed by atoms with Crippen LogP contribution in [0.4, 0.5) is 0 Å². The molecule has 1 fully saturated rings. The number of likely N-dealkylation sites (tertiary alicyclic amines) is 1. The standard InChI is InChI=1S/C24H32NO2/c1-23(2)17-12-18-24(3,4)25(23,5)27-22(26)21(19-13-8-6-9-14-19)20-15-10-7-11-16-20/h6-11,13-16,21H,12,17-18H2,1-5H3/q+1. The van der Waals surface area contributed by atoms with Crippen LogP contribution in [-0.2, 0) is 9.63 Å². The Morgan fingerprint density at radius 1 is 0.852 bits per heavy atom. The van der Waals surface area contributed by atoms with Gasteiger partial charge in [-0.15, -0.1) is 4.65 Å². The Hall–Kier alpha value is -2.13. The number of hydroxylamine groups is 3. The summed E-state index contributed by atoms with van der Waals surface area (Å²) in [4.78, 5) is 19.9. The van der Waals surface area contributed by atoms with E-state index < -0.39 is 5.92 Å². The summed E-state index contributed by atoms with van der Waals surface area (Å²) in [6.07, 6.45) is 3.25. The van der Waals surface area contributed by atoms with E-state index in [-0.39, 0.29) is 17.0 Å². The van der Waals surface area contributed by atoms with Gasteiger partial charge in [-0.3, -0.25) is 4.84 Å². The van der Waals surface area contributed by atoms with E-state index in [1.165, 1.54) is 0 Å². The Bertz CT molecular complexity index is 725. The monoisotopic (exact) mass is 366 g/mol. The maximum absolute atomic E-state index is 13.6. The number of nitrogens with zero attached hydrogens (tertiary/aromatic N) is 1. The van der Waals surface area contributed by atoms with Crippen LogP contribution >= 0.6 is 0 Å². The Morgan fingerprint density at radius 3 is 1.67 bits per heavy atom. The van der Waals surface area contributed by atoms with Gasteiger partial charge in [-0.05, 0) is 45.2 Å². The van der Waals surface area contributed by atoms with Crippen LogP contribution in [0.15, 0.2) is 60.7 Å². The zero-order valence-electron chi connectivity index (χ0n) is 17.2. The lowest BCUT2D eigenvalue weighted by atomic mass is 9.79. The number of carbonyl (C=O) groups is 1. The predicted molar refractivity (Wildman–Crippen MR) is 109 cm³/mol. The average Bonchev–Trinajstić information content (AvgIpc) is 2.62. The van der Waals surface area contributed by atoms with Gasteiger partial charge in [0.05, 0.1) is 0 Å². The van der Waals surface area contributed by atoms with Crippen molar-refractivity contribution < 1.29 is 14.3 Å². The minimum Gasteiger partial charge on any atom is -0.275 e. The summed E-state index contributed by atoms with van der Waals surface area (Å²) in [5, 5.41) is 0. The van der Waals surface area contributed by atoms with E-state index in [2.05, 4.69) is 34.7 Å². The molecule has 0 aromatic heterocycles. The largest absolute Gasteiger partial charge is 0.378 e. The number of piperidine rings is 1. The summed E-state index contributed by atoms with van der Waals surface area (Å²) < 4.78 is 0.301. The smallest absolute Gasteiger partial charge is 0.275 e. The summed E-state index contributed by atoms with van der Waals surface area (Å²) in [5.74, 6) is -0.603. The lowest BCUT2D eigenvalue weighted by Crippen LogP contribution is -2.71. The van der Waals surface area contributed by atoms with Gasteiger partial charge in [0.1, 0.15) is 24.0 Å². The normalized spacial score (nSPS) is 20.2. The van der Waals surface area contributed by atoms with Crippen LogP contribution in [0.2, 0.25) is 0 Å². The van der Waals surface area contributed by atoms with Crippen molar-refractivity contribution in [3.8, 4) is 0 Å².